The average Bonchev–Trinajstić information content (AvgIpc) is 2.33. The van der Waals surface area contributed by atoms with Gasteiger partial charge in [0.2, 0.25) is 0 Å². The smallest absolute Gasteiger partial charge is 0.124 e. The van der Waals surface area contributed by atoms with Gasteiger partial charge in [0.05, 0.1) is 0 Å². The second kappa shape index (κ2) is 2.82. The van der Waals surface area contributed by atoms with Gasteiger partial charge >= 0.3 is 0 Å². The summed E-state index contributed by atoms with van der Waals surface area (Å²) in [5.41, 5.74) is 7.93. The molecule has 12 heavy (non-hydrogen) atoms. The van der Waals surface area contributed by atoms with Crippen molar-refractivity contribution < 1.29 is 4.39 Å². The van der Waals surface area contributed by atoms with Crippen LogP contribution in [0.4, 0.5) is 4.39 Å². The number of benzene rings is 1. The van der Waals surface area contributed by atoms with Crippen LogP contribution in [0.25, 0.3) is 0 Å². The van der Waals surface area contributed by atoms with E-state index < -0.39 is 0 Å². The standard InChI is InChI=1S/C9H9BrFN/c10-8-4-5(11)3-7-6(8)1-2-9(7)12/h3-4,9H,1-2,12H2/t9-/m0/s1. The summed E-state index contributed by atoms with van der Waals surface area (Å²) in [6.07, 6.45) is 1.88. The van der Waals surface area contributed by atoms with E-state index in [2.05, 4.69) is 15.9 Å². The van der Waals surface area contributed by atoms with Gasteiger partial charge in [-0.1, -0.05) is 15.9 Å². The molecule has 1 aliphatic carbocycles. The van der Waals surface area contributed by atoms with Gasteiger partial charge in [-0.3, -0.25) is 0 Å². The Morgan fingerprint density at radius 2 is 2.25 bits per heavy atom. The highest BCUT2D eigenvalue weighted by atomic mass is 79.9. The molecule has 1 atom stereocenters. The first-order valence-corrected chi connectivity index (χ1v) is 4.71. The first-order valence-electron chi connectivity index (χ1n) is 3.92. The quantitative estimate of drug-likeness (QED) is 0.728. The fourth-order valence-electron chi connectivity index (χ4n) is 1.67. The summed E-state index contributed by atoms with van der Waals surface area (Å²) in [6, 6.07) is 3.06. The predicted molar refractivity (Wildman–Crippen MR) is 49.3 cm³/mol. The Hall–Kier alpha value is -0.410. The van der Waals surface area contributed by atoms with Crippen LogP contribution in [0.3, 0.4) is 0 Å². The topological polar surface area (TPSA) is 26.0 Å². The molecule has 2 N–H and O–H groups in total. The Morgan fingerprint density at radius 3 is 3.00 bits per heavy atom. The zero-order valence-electron chi connectivity index (χ0n) is 6.48. The maximum absolute atomic E-state index is 12.9. The highest BCUT2D eigenvalue weighted by molar-refractivity contribution is 9.10. The van der Waals surface area contributed by atoms with Crippen LogP contribution in [0.2, 0.25) is 0 Å². The molecule has 0 amide bonds. The Bertz CT molecular complexity index is 325. The van der Waals surface area contributed by atoms with Gasteiger partial charge in [-0.15, -0.1) is 0 Å². The molecule has 0 aromatic heterocycles. The van der Waals surface area contributed by atoms with Gasteiger partial charge in [0.25, 0.3) is 0 Å². The zero-order chi connectivity index (χ0) is 8.72. The molecule has 1 aromatic carbocycles. The summed E-state index contributed by atoms with van der Waals surface area (Å²) in [7, 11) is 0. The largest absolute Gasteiger partial charge is 0.324 e. The lowest BCUT2D eigenvalue weighted by Gasteiger charge is -2.05. The minimum atomic E-state index is -0.210. The lowest BCUT2D eigenvalue weighted by molar-refractivity contribution is 0.621. The van der Waals surface area contributed by atoms with Crippen molar-refractivity contribution in [3.05, 3.63) is 33.5 Å². The number of nitrogens with two attached hydrogens (primary N) is 1. The molecule has 0 spiro atoms. The third-order valence-electron chi connectivity index (χ3n) is 2.30. The molecular weight excluding hydrogens is 221 g/mol. The molecule has 64 valence electrons. The highest BCUT2D eigenvalue weighted by Gasteiger charge is 2.21. The molecule has 0 radical (unpaired) electrons. The van der Waals surface area contributed by atoms with Crippen molar-refractivity contribution in [2.45, 2.75) is 18.9 Å². The molecule has 0 unspecified atom stereocenters. The lowest BCUT2D eigenvalue weighted by atomic mass is 10.1. The van der Waals surface area contributed by atoms with Crippen molar-refractivity contribution in [2.75, 3.05) is 0 Å². The van der Waals surface area contributed by atoms with Crippen molar-refractivity contribution >= 4 is 15.9 Å². The average molecular weight is 230 g/mol. The number of hydrogen-bond donors (Lipinski definition) is 1. The minimum absolute atomic E-state index is 0.0204. The lowest BCUT2D eigenvalue weighted by Crippen LogP contribution is -2.05. The van der Waals surface area contributed by atoms with Crippen LogP contribution in [-0.4, -0.2) is 0 Å². The normalized spacial score (nSPS) is 21.1. The molecule has 0 aliphatic heterocycles. The van der Waals surface area contributed by atoms with Crippen LogP contribution in [0.1, 0.15) is 23.6 Å². The third-order valence-corrected chi connectivity index (χ3v) is 3.01. The van der Waals surface area contributed by atoms with Crippen molar-refractivity contribution in [2.24, 2.45) is 5.73 Å². The number of rotatable bonds is 0. The van der Waals surface area contributed by atoms with Crippen LogP contribution >= 0.6 is 15.9 Å². The molecule has 1 nitrogen and oxygen atoms in total. The molecule has 1 aliphatic rings. The van der Waals surface area contributed by atoms with Crippen LogP contribution in [0.15, 0.2) is 16.6 Å². The molecule has 1 aromatic rings. The van der Waals surface area contributed by atoms with E-state index in [1.54, 1.807) is 0 Å². The van der Waals surface area contributed by atoms with Crippen LogP contribution in [-0.2, 0) is 6.42 Å². The molecule has 0 saturated heterocycles. The van der Waals surface area contributed by atoms with E-state index in [1.165, 1.54) is 17.7 Å². The Kier molecular flexibility index (Phi) is 1.93. The van der Waals surface area contributed by atoms with Gasteiger partial charge in [0.1, 0.15) is 5.82 Å². The van der Waals surface area contributed by atoms with Gasteiger partial charge in [-0.05, 0) is 36.1 Å². The first kappa shape index (κ1) is 8.20. The van der Waals surface area contributed by atoms with E-state index in [-0.39, 0.29) is 11.9 Å². The maximum atomic E-state index is 12.9. The maximum Gasteiger partial charge on any atom is 0.124 e. The molecule has 3 heteroatoms. The fourth-order valence-corrected chi connectivity index (χ4v) is 2.32. The summed E-state index contributed by atoms with van der Waals surface area (Å²) in [5, 5.41) is 0. The summed E-state index contributed by atoms with van der Waals surface area (Å²) >= 11 is 3.33. The van der Waals surface area contributed by atoms with Crippen LogP contribution in [0.5, 0.6) is 0 Å². The summed E-state index contributed by atoms with van der Waals surface area (Å²) in [6.45, 7) is 0. The number of hydrogen-bond acceptors (Lipinski definition) is 1. The van der Waals surface area contributed by atoms with E-state index in [4.69, 9.17) is 5.73 Å². The Balaban J connectivity index is 2.60. The minimum Gasteiger partial charge on any atom is -0.324 e. The van der Waals surface area contributed by atoms with Crippen molar-refractivity contribution in [1.82, 2.24) is 0 Å². The summed E-state index contributed by atoms with van der Waals surface area (Å²) in [4.78, 5) is 0. The summed E-state index contributed by atoms with van der Waals surface area (Å²) < 4.78 is 13.8. The molecule has 0 saturated carbocycles. The van der Waals surface area contributed by atoms with Gasteiger partial charge in [0.15, 0.2) is 0 Å². The molecule has 2 rings (SSSR count). The predicted octanol–water partition coefficient (Wildman–Crippen LogP) is 2.53. The Labute approximate surface area is 78.9 Å². The van der Waals surface area contributed by atoms with E-state index in [9.17, 15) is 4.39 Å². The molecule has 0 bridgehead atoms. The van der Waals surface area contributed by atoms with Crippen molar-refractivity contribution in [3.8, 4) is 0 Å². The van der Waals surface area contributed by atoms with E-state index >= 15 is 0 Å². The van der Waals surface area contributed by atoms with Gasteiger partial charge in [-0.2, -0.15) is 0 Å². The van der Waals surface area contributed by atoms with Crippen molar-refractivity contribution in [3.63, 3.8) is 0 Å². The molecule has 0 heterocycles. The first-order chi connectivity index (χ1) is 5.68. The zero-order valence-corrected chi connectivity index (χ0v) is 8.07. The fraction of sp³-hybridized carbons (Fsp3) is 0.333. The van der Waals surface area contributed by atoms with Crippen LogP contribution < -0.4 is 5.73 Å². The SMILES string of the molecule is N[C@H]1CCc2c(Br)cc(F)cc21. The monoisotopic (exact) mass is 229 g/mol. The van der Waals surface area contributed by atoms with Gasteiger partial charge in [0, 0.05) is 10.5 Å². The summed E-state index contributed by atoms with van der Waals surface area (Å²) in [5.74, 6) is -0.210. The second-order valence-electron chi connectivity index (χ2n) is 3.10. The van der Waals surface area contributed by atoms with Crippen molar-refractivity contribution in [1.29, 1.82) is 0 Å². The second-order valence-corrected chi connectivity index (χ2v) is 3.95. The van der Waals surface area contributed by atoms with Gasteiger partial charge < -0.3 is 5.73 Å². The number of halogens is 2. The third kappa shape index (κ3) is 1.17. The van der Waals surface area contributed by atoms with E-state index in [0.717, 1.165) is 22.9 Å². The highest BCUT2D eigenvalue weighted by Crippen LogP contribution is 2.34. The molecule has 0 fully saturated rings. The van der Waals surface area contributed by atoms with E-state index in [1.807, 2.05) is 0 Å². The number of fused-ring (bicyclic) bond motifs is 1. The Morgan fingerprint density at radius 1 is 1.50 bits per heavy atom. The van der Waals surface area contributed by atoms with Crippen LogP contribution in [0, 0.1) is 5.82 Å². The van der Waals surface area contributed by atoms with E-state index in [0.29, 0.717) is 0 Å². The molecular formula is C9H9BrFN. The van der Waals surface area contributed by atoms with Gasteiger partial charge in [-0.25, -0.2) is 4.39 Å².